The molecule has 0 aromatic rings. The number of rotatable bonds is 8. The van der Waals surface area contributed by atoms with Crippen molar-refractivity contribution in [2.75, 3.05) is 0 Å². The highest BCUT2D eigenvalue weighted by Crippen LogP contribution is 2.44. The van der Waals surface area contributed by atoms with Gasteiger partial charge in [-0.2, -0.15) is 0 Å². The van der Waals surface area contributed by atoms with Gasteiger partial charge < -0.3 is 4.74 Å². The van der Waals surface area contributed by atoms with Crippen LogP contribution in [0.2, 0.25) is 0 Å². The van der Waals surface area contributed by atoms with Gasteiger partial charge in [-0.25, -0.2) is 4.79 Å². The van der Waals surface area contributed by atoms with Crippen LogP contribution in [0.1, 0.15) is 111 Å². The molecule has 2 aliphatic carbocycles. The maximum Gasteiger partial charge on any atom is 0.333 e. The number of allylic oxidation sites excluding steroid dienone is 1. The van der Waals surface area contributed by atoms with Crippen molar-refractivity contribution in [3.8, 4) is 0 Å². The maximum absolute atomic E-state index is 12.7. The summed E-state index contributed by atoms with van der Waals surface area (Å²) >= 11 is 0. The highest BCUT2D eigenvalue weighted by molar-refractivity contribution is 5.87. The molecule has 0 radical (unpaired) electrons. The molecule has 26 heavy (non-hydrogen) atoms. The largest absolute Gasteiger partial charge is 0.459 e. The molecule has 0 aromatic carbocycles. The van der Waals surface area contributed by atoms with Crippen LogP contribution in [0, 0.1) is 17.3 Å². The lowest BCUT2D eigenvalue weighted by molar-refractivity contribution is -0.145. The fourth-order valence-corrected chi connectivity index (χ4v) is 5.06. The third kappa shape index (κ3) is 6.43. The Balaban J connectivity index is 2.09. The van der Waals surface area contributed by atoms with E-state index in [0.29, 0.717) is 5.92 Å². The SMILES string of the molecule is CCCCC(C)(C)C(C=C(C)C(=O)OC1CCCCC1)C1CCCCC1. The van der Waals surface area contributed by atoms with Crippen molar-refractivity contribution < 1.29 is 9.53 Å². The molecule has 1 unspecified atom stereocenters. The third-order valence-corrected chi connectivity index (χ3v) is 6.81. The Kier molecular flexibility index (Phi) is 8.70. The Morgan fingerprint density at radius 3 is 2.19 bits per heavy atom. The average molecular weight is 363 g/mol. The number of hydrogen-bond donors (Lipinski definition) is 0. The van der Waals surface area contributed by atoms with Gasteiger partial charge in [-0.1, -0.05) is 65.4 Å². The predicted octanol–water partition coefficient (Wildman–Crippen LogP) is 7.22. The highest BCUT2D eigenvalue weighted by atomic mass is 16.5. The molecular weight excluding hydrogens is 320 g/mol. The van der Waals surface area contributed by atoms with Gasteiger partial charge in [0, 0.05) is 5.57 Å². The highest BCUT2D eigenvalue weighted by Gasteiger charge is 2.35. The first-order valence-electron chi connectivity index (χ1n) is 11.3. The molecule has 2 nitrogen and oxygen atoms in total. The fraction of sp³-hybridized carbons (Fsp3) is 0.875. The number of carbonyl (C=O) groups excluding carboxylic acids is 1. The van der Waals surface area contributed by atoms with Gasteiger partial charge in [0.15, 0.2) is 0 Å². The van der Waals surface area contributed by atoms with Crippen molar-refractivity contribution in [3.05, 3.63) is 11.6 Å². The second-order valence-electron chi connectivity index (χ2n) is 9.53. The van der Waals surface area contributed by atoms with Gasteiger partial charge in [0.25, 0.3) is 0 Å². The summed E-state index contributed by atoms with van der Waals surface area (Å²) in [5, 5.41) is 0. The van der Waals surface area contributed by atoms with Crippen LogP contribution in [0.4, 0.5) is 0 Å². The minimum atomic E-state index is -0.0657. The summed E-state index contributed by atoms with van der Waals surface area (Å²) in [6.07, 6.45) is 18.7. The molecule has 0 aliphatic heterocycles. The zero-order chi connectivity index (χ0) is 19.0. The van der Waals surface area contributed by atoms with Crippen LogP contribution < -0.4 is 0 Å². The molecule has 0 saturated heterocycles. The van der Waals surface area contributed by atoms with Crippen molar-refractivity contribution in [2.24, 2.45) is 17.3 Å². The van der Waals surface area contributed by atoms with E-state index >= 15 is 0 Å². The Morgan fingerprint density at radius 2 is 1.62 bits per heavy atom. The van der Waals surface area contributed by atoms with Gasteiger partial charge in [-0.15, -0.1) is 0 Å². The van der Waals surface area contributed by atoms with Crippen LogP contribution in [0.15, 0.2) is 11.6 Å². The summed E-state index contributed by atoms with van der Waals surface area (Å²) in [6, 6.07) is 0. The van der Waals surface area contributed by atoms with Crippen molar-refractivity contribution in [3.63, 3.8) is 0 Å². The molecule has 0 amide bonds. The molecule has 1 atom stereocenters. The Bertz CT molecular complexity index is 451. The molecule has 0 heterocycles. The van der Waals surface area contributed by atoms with Crippen LogP contribution in [-0.4, -0.2) is 12.1 Å². The zero-order valence-corrected chi connectivity index (χ0v) is 17.8. The van der Waals surface area contributed by atoms with Crippen LogP contribution in [0.3, 0.4) is 0 Å². The molecule has 2 fully saturated rings. The average Bonchev–Trinajstić information content (AvgIpc) is 2.65. The Hall–Kier alpha value is -0.790. The van der Waals surface area contributed by atoms with E-state index in [1.807, 2.05) is 6.92 Å². The molecule has 2 heteroatoms. The molecule has 2 rings (SSSR count). The minimum Gasteiger partial charge on any atom is -0.459 e. The minimum absolute atomic E-state index is 0.0657. The van der Waals surface area contributed by atoms with E-state index in [2.05, 4.69) is 26.8 Å². The molecule has 2 saturated carbocycles. The second-order valence-corrected chi connectivity index (χ2v) is 9.53. The monoisotopic (exact) mass is 362 g/mol. The summed E-state index contributed by atoms with van der Waals surface area (Å²) in [4.78, 5) is 12.7. The first-order valence-corrected chi connectivity index (χ1v) is 11.3. The molecule has 2 aliphatic rings. The smallest absolute Gasteiger partial charge is 0.333 e. The summed E-state index contributed by atoms with van der Waals surface area (Å²) in [7, 11) is 0. The van der Waals surface area contributed by atoms with Gasteiger partial charge in [0.1, 0.15) is 6.10 Å². The lowest BCUT2D eigenvalue weighted by atomic mass is 9.65. The van der Waals surface area contributed by atoms with E-state index in [1.165, 1.54) is 70.6 Å². The number of carbonyl (C=O) groups is 1. The van der Waals surface area contributed by atoms with Crippen LogP contribution >= 0.6 is 0 Å². The van der Waals surface area contributed by atoms with E-state index < -0.39 is 0 Å². The molecule has 0 bridgehead atoms. The van der Waals surface area contributed by atoms with Gasteiger partial charge in [-0.05, 0) is 69.1 Å². The summed E-state index contributed by atoms with van der Waals surface area (Å²) in [5.74, 6) is 1.16. The second kappa shape index (κ2) is 10.5. The molecular formula is C24H42O2. The maximum atomic E-state index is 12.7. The Morgan fingerprint density at radius 1 is 1.04 bits per heavy atom. The number of esters is 1. The summed E-state index contributed by atoms with van der Waals surface area (Å²) in [5.41, 5.74) is 1.10. The zero-order valence-electron chi connectivity index (χ0n) is 17.8. The third-order valence-electron chi connectivity index (χ3n) is 6.81. The number of ether oxygens (including phenoxy) is 1. The Labute approximate surface area is 162 Å². The van der Waals surface area contributed by atoms with Gasteiger partial charge in [-0.3, -0.25) is 0 Å². The van der Waals surface area contributed by atoms with Crippen LogP contribution in [0.5, 0.6) is 0 Å². The first kappa shape index (κ1) is 21.5. The van der Waals surface area contributed by atoms with E-state index in [9.17, 15) is 4.79 Å². The van der Waals surface area contributed by atoms with Gasteiger partial charge in [0.2, 0.25) is 0 Å². The van der Waals surface area contributed by atoms with Crippen LogP contribution in [0.25, 0.3) is 0 Å². The number of hydrogen-bond acceptors (Lipinski definition) is 2. The van der Waals surface area contributed by atoms with Crippen LogP contribution in [-0.2, 0) is 9.53 Å². The molecule has 0 spiro atoms. The van der Waals surface area contributed by atoms with E-state index in [4.69, 9.17) is 4.74 Å². The van der Waals surface area contributed by atoms with Crippen molar-refractivity contribution in [1.29, 1.82) is 0 Å². The molecule has 0 N–H and O–H groups in total. The quantitative estimate of drug-likeness (QED) is 0.336. The summed E-state index contributed by atoms with van der Waals surface area (Å²) in [6.45, 7) is 9.08. The fourth-order valence-electron chi connectivity index (χ4n) is 5.06. The lowest BCUT2D eigenvalue weighted by Gasteiger charge is -2.40. The first-order chi connectivity index (χ1) is 12.4. The van der Waals surface area contributed by atoms with Gasteiger partial charge >= 0.3 is 5.97 Å². The predicted molar refractivity (Wildman–Crippen MR) is 110 cm³/mol. The van der Waals surface area contributed by atoms with E-state index in [0.717, 1.165) is 24.3 Å². The summed E-state index contributed by atoms with van der Waals surface area (Å²) < 4.78 is 5.83. The lowest BCUT2D eigenvalue weighted by Crippen LogP contribution is -2.31. The van der Waals surface area contributed by atoms with Crippen molar-refractivity contribution in [2.45, 2.75) is 117 Å². The normalized spacial score (nSPS) is 22.2. The van der Waals surface area contributed by atoms with Gasteiger partial charge in [0.05, 0.1) is 0 Å². The van der Waals surface area contributed by atoms with Crippen molar-refractivity contribution >= 4 is 5.97 Å². The van der Waals surface area contributed by atoms with E-state index in [-0.39, 0.29) is 17.5 Å². The van der Waals surface area contributed by atoms with Crippen molar-refractivity contribution in [1.82, 2.24) is 0 Å². The number of unbranched alkanes of at least 4 members (excludes halogenated alkanes) is 1. The molecule has 0 aromatic heterocycles. The molecule has 150 valence electrons. The van der Waals surface area contributed by atoms with E-state index in [1.54, 1.807) is 0 Å². The topological polar surface area (TPSA) is 26.3 Å². The standard InChI is InChI=1S/C24H42O2/c1-5-6-17-24(3,4)22(20-13-9-7-10-14-20)18-19(2)23(25)26-21-15-11-8-12-16-21/h18,20-22H,5-17H2,1-4H3.